The molecule has 9 nitrogen and oxygen atoms in total. The average molecular weight is 529 g/mol. The van der Waals surface area contributed by atoms with Gasteiger partial charge in [0, 0.05) is 37.3 Å². The first-order valence-electron chi connectivity index (χ1n) is 12.5. The van der Waals surface area contributed by atoms with Crippen molar-refractivity contribution < 1.29 is 38.0 Å². The van der Waals surface area contributed by atoms with Gasteiger partial charge in [-0.2, -0.15) is 0 Å². The zero-order valence-electron chi connectivity index (χ0n) is 22.0. The number of hydrogen-bond donors (Lipinski definition) is 1. The molecule has 0 aliphatic carbocycles. The molecule has 4 rings (SSSR count). The van der Waals surface area contributed by atoms with Crippen molar-refractivity contribution in [3.63, 3.8) is 0 Å². The summed E-state index contributed by atoms with van der Waals surface area (Å²) in [5.41, 5.74) is 0.368. The van der Waals surface area contributed by atoms with Crippen LogP contribution < -0.4 is 14.2 Å². The van der Waals surface area contributed by atoms with Crippen molar-refractivity contribution in [1.82, 2.24) is 9.80 Å². The number of benzene rings is 2. The number of halogens is 1. The number of aliphatic hydroxyl groups is 1. The van der Waals surface area contributed by atoms with E-state index in [-0.39, 0.29) is 29.5 Å². The second-order valence-electron chi connectivity index (χ2n) is 9.34. The van der Waals surface area contributed by atoms with Gasteiger partial charge in [0.25, 0.3) is 11.7 Å². The van der Waals surface area contributed by atoms with E-state index in [2.05, 4.69) is 4.90 Å². The quantitative estimate of drug-likeness (QED) is 0.301. The molecule has 2 aromatic carbocycles. The lowest BCUT2D eigenvalue weighted by Gasteiger charge is -2.31. The highest BCUT2D eigenvalue weighted by molar-refractivity contribution is 6.46. The number of nitrogens with zero attached hydrogens (tertiary/aromatic N) is 2. The summed E-state index contributed by atoms with van der Waals surface area (Å²) in [6.45, 7) is 6.88. The third-order valence-electron chi connectivity index (χ3n) is 6.60. The SMILES string of the molecule is COc1cccc([C@H]2C(=C(O)c3ccc(OC(C)C)c(F)c3)C(=O)C(=O)N2CCN2CCOCC2)c1OC. The Kier molecular flexibility index (Phi) is 8.53. The van der Waals surface area contributed by atoms with Gasteiger partial charge in [-0.05, 0) is 38.1 Å². The van der Waals surface area contributed by atoms with Gasteiger partial charge in [-0.25, -0.2) is 4.39 Å². The van der Waals surface area contributed by atoms with Crippen molar-refractivity contribution in [2.75, 3.05) is 53.6 Å². The molecular formula is C28H33FN2O7. The number of ether oxygens (including phenoxy) is 4. The Labute approximate surface area is 221 Å². The van der Waals surface area contributed by atoms with Crippen molar-refractivity contribution in [2.45, 2.75) is 26.0 Å². The Morgan fingerprint density at radius 3 is 2.45 bits per heavy atom. The molecule has 1 N–H and O–H groups in total. The zero-order chi connectivity index (χ0) is 27.4. The van der Waals surface area contributed by atoms with Gasteiger partial charge in [-0.3, -0.25) is 14.5 Å². The van der Waals surface area contributed by atoms with Gasteiger partial charge < -0.3 is 29.0 Å². The average Bonchev–Trinajstić information content (AvgIpc) is 3.17. The van der Waals surface area contributed by atoms with Gasteiger partial charge in [-0.1, -0.05) is 12.1 Å². The first kappa shape index (κ1) is 27.4. The van der Waals surface area contributed by atoms with Crippen LogP contribution in [0.1, 0.15) is 31.0 Å². The summed E-state index contributed by atoms with van der Waals surface area (Å²) in [7, 11) is 2.95. The molecule has 10 heteroatoms. The van der Waals surface area contributed by atoms with Gasteiger partial charge in [0.05, 0.1) is 45.2 Å². The Morgan fingerprint density at radius 2 is 1.82 bits per heavy atom. The maximum Gasteiger partial charge on any atom is 0.295 e. The van der Waals surface area contributed by atoms with E-state index < -0.39 is 29.3 Å². The molecule has 2 fully saturated rings. The van der Waals surface area contributed by atoms with Crippen molar-refractivity contribution in [1.29, 1.82) is 0 Å². The number of carbonyl (C=O) groups is 2. The molecule has 0 bridgehead atoms. The summed E-state index contributed by atoms with van der Waals surface area (Å²) >= 11 is 0. The largest absolute Gasteiger partial charge is 0.507 e. The summed E-state index contributed by atoms with van der Waals surface area (Å²) in [6.07, 6.45) is -0.249. The molecule has 0 unspecified atom stereocenters. The number of amides is 1. The van der Waals surface area contributed by atoms with E-state index in [9.17, 15) is 19.1 Å². The Balaban J connectivity index is 1.81. The second kappa shape index (κ2) is 11.8. The third-order valence-corrected chi connectivity index (χ3v) is 6.60. The minimum atomic E-state index is -0.976. The minimum absolute atomic E-state index is 0.0218. The lowest BCUT2D eigenvalue weighted by molar-refractivity contribution is -0.140. The van der Waals surface area contributed by atoms with Gasteiger partial charge >= 0.3 is 0 Å². The molecule has 1 atom stereocenters. The summed E-state index contributed by atoms with van der Waals surface area (Å²) in [6, 6.07) is 8.09. The van der Waals surface area contributed by atoms with E-state index in [1.165, 1.54) is 31.3 Å². The van der Waals surface area contributed by atoms with Crippen molar-refractivity contribution in [2.24, 2.45) is 0 Å². The predicted octanol–water partition coefficient (Wildman–Crippen LogP) is 3.38. The van der Waals surface area contributed by atoms with E-state index in [1.807, 2.05) is 0 Å². The fourth-order valence-corrected chi connectivity index (χ4v) is 4.79. The van der Waals surface area contributed by atoms with Crippen LogP contribution in [0.25, 0.3) is 5.76 Å². The number of hydrogen-bond acceptors (Lipinski definition) is 8. The normalized spacial score (nSPS) is 19.7. The molecule has 0 spiro atoms. The van der Waals surface area contributed by atoms with E-state index in [1.54, 1.807) is 32.0 Å². The number of methoxy groups -OCH3 is 2. The van der Waals surface area contributed by atoms with Crippen LogP contribution in [0, 0.1) is 5.82 Å². The van der Waals surface area contributed by atoms with E-state index in [0.29, 0.717) is 49.9 Å². The number of aliphatic hydroxyl groups excluding tert-OH is 1. The van der Waals surface area contributed by atoms with E-state index in [4.69, 9.17) is 18.9 Å². The number of likely N-dealkylation sites (tertiary alicyclic amines) is 1. The molecule has 1 amide bonds. The van der Waals surface area contributed by atoms with E-state index in [0.717, 1.165) is 6.07 Å². The molecule has 2 saturated heterocycles. The first-order valence-corrected chi connectivity index (χ1v) is 12.5. The summed E-state index contributed by atoms with van der Waals surface area (Å²) in [4.78, 5) is 30.3. The Bertz CT molecular complexity index is 1220. The summed E-state index contributed by atoms with van der Waals surface area (Å²) < 4.78 is 36.7. The first-order chi connectivity index (χ1) is 18.3. The molecule has 0 saturated carbocycles. The minimum Gasteiger partial charge on any atom is -0.507 e. The highest BCUT2D eigenvalue weighted by Gasteiger charge is 2.47. The highest BCUT2D eigenvalue weighted by Crippen LogP contribution is 2.45. The van der Waals surface area contributed by atoms with Crippen molar-refractivity contribution in [3.8, 4) is 17.2 Å². The van der Waals surface area contributed by atoms with Crippen LogP contribution in [-0.2, 0) is 14.3 Å². The number of ketones is 1. The maximum atomic E-state index is 14.8. The van der Waals surface area contributed by atoms with Crippen LogP contribution in [0.4, 0.5) is 4.39 Å². The number of rotatable bonds is 9. The Morgan fingerprint density at radius 1 is 1.08 bits per heavy atom. The molecule has 2 aliphatic rings. The third kappa shape index (κ3) is 5.46. The lowest BCUT2D eigenvalue weighted by atomic mass is 9.94. The molecule has 38 heavy (non-hydrogen) atoms. The Hall–Kier alpha value is -3.63. The molecule has 2 aliphatic heterocycles. The number of morpholine rings is 1. The zero-order valence-corrected chi connectivity index (χ0v) is 22.0. The van der Waals surface area contributed by atoms with Crippen LogP contribution in [0.2, 0.25) is 0 Å². The number of para-hydroxylation sites is 1. The number of Topliss-reactive ketones (excluding diaryl/α,β-unsaturated/α-hetero) is 1. The highest BCUT2D eigenvalue weighted by atomic mass is 19.1. The monoisotopic (exact) mass is 528 g/mol. The fourth-order valence-electron chi connectivity index (χ4n) is 4.79. The molecule has 2 heterocycles. The van der Waals surface area contributed by atoms with Gasteiger partial charge in [-0.15, -0.1) is 0 Å². The molecule has 2 aromatic rings. The molecule has 0 aromatic heterocycles. The summed E-state index contributed by atoms with van der Waals surface area (Å²) in [5.74, 6) is -2.03. The van der Waals surface area contributed by atoms with Gasteiger partial charge in [0.2, 0.25) is 0 Å². The fraction of sp³-hybridized carbons (Fsp3) is 0.429. The van der Waals surface area contributed by atoms with Crippen LogP contribution >= 0.6 is 0 Å². The number of carbonyl (C=O) groups excluding carboxylic acids is 2. The predicted molar refractivity (Wildman–Crippen MR) is 138 cm³/mol. The molecule has 0 radical (unpaired) electrons. The lowest BCUT2D eigenvalue weighted by Crippen LogP contribution is -2.42. The van der Waals surface area contributed by atoms with Crippen molar-refractivity contribution >= 4 is 17.4 Å². The smallest absolute Gasteiger partial charge is 0.295 e. The van der Waals surface area contributed by atoms with Gasteiger partial charge in [0.15, 0.2) is 23.1 Å². The van der Waals surface area contributed by atoms with Crippen LogP contribution in [-0.4, -0.2) is 86.3 Å². The topological polar surface area (TPSA) is 97.8 Å². The second-order valence-corrected chi connectivity index (χ2v) is 9.34. The van der Waals surface area contributed by atoms with Crippen LogP contribution in [0.5, 0.6) is 17.2 Å². The van der Waals surface area contributed by atoms with Crippen molar-refractivity contribution in [3.05, 3.63) is 58.9 Å². The standard InChI is InChI=1S/C28H33FN2O7/c1-17(2)38-21-9-8-18(16-20(21)29)25(32)23-24(19-6-5-7-22(35-3)27(19)36-4)31(28(34)26(23)33)11-10-30-12-14-37-15-13-30/h5-9,16-17,24,32H,10-15H2,1-4H3/t24-/m0/s1. The maximum absolute atomic E-state index is 14.8. The van der Waals surface area contributed by atoms with Gasteiger partial charge in [0.1, 0.15) is 5.76 Å². The summed E-state index contributed by atoms with van der Waals surface area (Å²) in [5, 5.41) is 11.3. The molecular weight excluding hydrogens is 495 g/mol. The molecule has 204 valence electrons. The van der Waals surface area contributed by atoms with Crippen LogP contribution in [0.3, 0.4) is 0 Å². The van der Waals surface area contributed by atoms with Crippen LogP contribution in [0.15, 0.2) is 42.0 Å². The van der Waals surface area contributed by atoms with E-state index >= 15 is 0 Å².